The zero-order chi connectivity index (χ0) is 15.1. The summed E-state index contributed by atoms with van der Waals surface area (Å²) in [6, 6.07) is 7.99. The molecule has 0 aromatic heterocycles. The van der Waals surface area contributed by atoms with E-state index in [2.05, 4.69) is 11.8 Å². The van der Waals surface area contributed by atoms with Crippen LogP contribution in [-0.4, -0.2) is 36.9 Å². The molecule has 0 bridgehead atoms. The number of anilines is 1. The summed E-state index contributed by atoms with van der Waals surface area (Å²) < 4.78 is 5.85. The summed E-state index contributed by atoms with van der Waals surface area (Å²) in [7, 11) is 0. The van der Waals surface area contributed by atoms with Gasteiger partial charge in [0.2, 0.25) is 0 Å². The highest BCUT2D eigenvalue weighted by atomic mass is 16.5. The van der Waals surface area contributed by atoms with Crippen LogP contribution in [0.1, 0.15) is 31.7 Å². The van der Waals surface area contributed by atoms with E-state index < -0.39 is 5.97 Å². The van der Waals surface area contributed by atoms with Crippen LogP contribution >= 0.6 is 0 Å². The zero-order valence-electron chi connectivity index (χ0n) is 12.5. The lowest BCUT2D eigenvalue weighted by molar-refractivity contribution is -0.131. The summed E-state index contributed by atoms with van der Waals surface area (Å²) in [5.41, 5.74) is 2.07. The van der Waals surface area contributed by atoms with Gasteiger partial charge in [-0.05, 0) is 43.0 Å². The number of hydrogen-bond donors (Lipinski definition) is 1. The van der Waals surface area contributed by atoms with E-state index in [1.165, 1.54) is 5.69 Å². The van der Waals surface area contributed by atoms with Crippen LogP contribution in [-0.2, 0) is 9.53 Å². The highest BCUT2D eigenvalue weighted by Gasteiger charge is 2.20. The molecule has 2 rings (SSSR count). The third-order valence-electron chi connectivity index (χ3n) is 3.61. The maximum Gasteiger partial charge on any atom is 0.328 e. The Balaban J connectivity index is 1.96. The van der Waals surface area contributed by atoms with Crippen molar-refractivity contribution in [2.45, 2.75) is 32.3 Å². The third kappa shape index (κ3) is 4.90. The first-order valence-corrected chi connectivity index (χ1v) is 7.56. The second-order valence-electron chi connectivity index (χ2n) is 5.34. The summed E-state index contributed by atoms with van der Waals surface area (Å²) in [4.78, 5) is 12.8. The molecule has 0 radical (unpaired) electrons. The average molecular weight is 289 g/mol. The van der Waals surface area contributed by atoms with Crippen molar-refractivity contribution in [3.8, 4) is 0 Å². The number of rotatable bonds is 6. The van der Waals surface area contributed by atoms with Crippen molar-refractivity contribution in [2.75, 3.05) is 24.6 Å². The Bertz CT molecular complexity index is 481. The van der Waals surface area contributed by atoms with E-state index in [1.54, 1.807) is 6.08 Å². The molecule has 0 spiro atoms. The average Bonchev–Trinajstić information content (AvgIpc) is 2.51. The number of aliphatic carboxylic acids is 1. The van der Waals surface area contributed by atoms with Gasteiger partial charge >= 0.3 is 5.97 Å². The Morgan fingerprint density at radius 1 is 1.43 bits per heavy atom. The first-order chi connectivity index (χ1) is 10.2. The van der Waals surface area contributed by atoms with Gasteiger partial charge in [0.1, 0.15) is 0 Å². The lowest BCUT2D eigenvalue weighted by Gasteiger charge is -2.34. The fourth-order valence-corrected chi connectivity index (χ4v) is 2.56. The van der Waals surface area contributed by atoms with Crippen molar-refractivity contribution in [3.63, 3.8) is 0 Å². The Labute approximate surface area is 126 Å². The molecule has 1 saturated heterocycles. The van der Waals surface area contributed by atoms with Crippen molar-refractivity contribution < 1.29 is 14.6 Å². The molecule has 1 N–H and O–H groups in total. The van der Waals surface area contributed by atoms with E-state index in [9.17, 15) is 4.79 Å². The van der Waals surface area contributed by atoms with Gasteiger partial charge in [0.25, 0.3) is 0 Å². The highest BCUT2D eigenvalue weighted by Crippen LogP contribution is 2.22. The van der Waals surface area contributed by atoms with Gasteiger partial charge in [0.15, 0.2) is 0 Å². The molecule has 1 atom stereocenters. The second-order valence-corrected chi connectivity index (χ2v) is 5.34. The van der Waals surface area contributed by atoms with E-state index in [0.717, 1.165) is 50.6 Å². The quantitative estimate of drug-likeness (QED) is 0.817. The van der Waals surface area contributed by atoms with Crippen LogP contribution in [0.5, 0.6) is 0 Å². The van der Waals surface area contributed by atoms with Crippen LogP contribution in [0.2, 0.25) is 0 Å². The Hall–Kier alpha value is -1.81. The smallest absolute Gasteiger partial charge is 0.328 e. The molecule has 4 heteroatoms. The molecule has 4 nitrogen and oxygen atoms in total. The molecule has 1 heterocycles. The molecule has 1 aliphatic rings. The fraction of sp³-hybridized carbons (Fsp3) is 0.471. The monoisotopic (exact) mass is 289 g/mol. The van der Waals surface area contributed by atoms with Crippen LogP contribution in [0.3, 0.4) is 0 Å². The van der Waals surface area contributed by atoms with Crippen molar-refractivity contribution in [1.82, 2.24) is 0 Å². The molecule has 0 aliphatic carbocycles. The van der Waals surface area contributed by atoms with Crippen LogP contribution in [0.25, 0.3) is 6.08 Å². The first kappa shape index (κ1) is 15.6. The van der Waals surface area contributed by atoms with Crippen LogP contribution < -0.4 is 4.90 Å². The first-order valence-electron chi connectivity index (χ1n) is 7.56. The summed E-state index contributed by atoms with van der Waals surface area (Å²) in [6.45, 7) is 4.95. The Kier molecular flexibility index (Phi) is 5.81. The molecule has 1 unspecified atom stereocenters. The van der Waals surface area contributed by atoms with Gasteiger partial charge in [-0.15, -0.1) is 0 Å². The van der Waals surface area contributed by atoms with Crippen LogP contribution in [0.4, 0.5) is 5.69 Å². The van der Waals surface area contributed by atoms with Gasteiger partial charge in [0, 0.05) is 31.5 Å². The van der Waals surface area contributed by atoms with Crippen molar-refractivity contribution in [3.05, 3.63) is 35.9 Å². The fourth-order valence-electron chi connectivity index (χ4n) is 2.56. The number of benzene rings is 1. The van der Waals surface area contributed by atoms with Crippen LogP contribution in [0.15, 0.2) is 30.3 Å². The van der Waals surface area contributed by atoms with E-state index in [-0.39, 0.29) is 0 Å². The zero-order valence-corrected chi connectivity index (χ0v) is 12.5. The summed E-state index contributed by atoms with van der Waals surface area (Å²) in [6.07, 6.45) is 6.43. The second kappa shape index (κ2) is 7.84. The van der Waals surface area contributed by atoms with Gasteiger partial charge in [0.05, 0.1) is 6.10 Å². The Morgan fingerprint density at radius 2 is 2.19 bits per heavy atom. The maximum absolute atomic E-state index is 10.5. The molecular formula is C17H23NO3. The topological polar surface area (TPSA) is 49.8 Å². The molecule has 1 aromatic carbocycles. The number of piperidine rings is 1. The lowest BCUT2D eigenvalue weighted by Crippen LogP contribution is -2.39. The van der Waals surface area contributed by atoms with Gasteiger partial charge in [-0.2, -0.15) is 0 Å². The number of carboxylic acid groups (broad SMARTS) is 1. The SMILES string of the molecule is CCCOC1CCCN(c2ccc(C=CC(=O)O)cc2)C1. The van der Waals surface area contributed by atoms with E-state index >= 15 is 0 Å². The van der Waals surface area contributed by atoms with Crippen molar-refractivity contribution in [1.29, 1.82) is 0 Å². The minimum Gasteiger partial charge on any atom is -0.478 e. The Morgan fingerprint density at radius 3 is 2.86 bits per heavy atom. The maximum atomic E-state index is 10.5. The molecule has 0 saturated carbocycles. The number of hydrogen-bond acceptors (Lipinski definition) is 3. The number of carboxylic acids is 1. The van der Waals surface area contributed by atoms with E-state index in [0.29, 0.717) is 6.10 Å². The van der Waals surface area contributed by atoms with Crippen molar-refractivity contribution >= 4 is 17.7 Å². The molecule has 1 fully saturated rings. The van der Waals surface area contributed by atoms with Gasteiger partial charge in [-0.3, -0.25) is 0 Å². The van der Waals surface area contributed by atoms with Gasteiger partial charge < -0.3 is 14.7 Å². The summed E-state index contributed by atoms with van der Waals surface area (Å²) in [5, 5.41) is 8.62. The number of nitrogens with zero attached hydrogens (tertiary/aromatic N) is 1. The molecule has 114 valence electrons. The minimum atomic E-state index is -0.925. The molecule has 1 aromatic rings. The predicted octanol–water partition coefficient (Wildman–Crippen LogP) is 3.18. The molecular weight excluding hydrogens is 266 g/mol. The number of carbonyl (C=O) groups is 1. The van der Waals surface area contributed by atoms with Crippen molar-refractivity contribution in [2.24, 2.45) is 0 Å². The van der Waals surface area contributed by atoms with E-state index in [4.69, 9.17) is 9.84 Å². The van der Waals surface area contributed by atoms with Gasteiger partial charge in [-0.1, -0.05) is 19.1 Å². The standard InChI is InChI=1S/C17H23NO3/c1-2-12-21-16-4-3-11-18(13-16)15-8-5-14(6-9-15)7-10-17(19)20/h5-10,16H,2-4,11-13H2,1H3,(H,19,20). The molecule has 1 aliphatic heterocycles. The van der Waals surface area contributed by atoms with E-state index in [1.807, 2.05) is 24.3 Å². The normalized spacial score (nSPS) is 19.1. The highest BCUT2D eigenvalue weighted by molar-refractivity contribution is 5.85. The largest absolute Gasteiger partial charge is 0.478 e. The predicted molar refractivity (Wildman–Crippen MR) is 84.6 cm³/mol. The summed E-state index contributed by atoms with van der Waals surface area (Å²) in [5.74, 6) is -0.925. The molecule has 21 heavy (non-hydrogen) atoms. The number of ether oxygens (including phenoxy) is 1. The van der Waals surface area contributed by atoms with Gasteiger partial charge in [-0.25, -0.2) is 4.79 Å². The third-order valence-corrected chi connectivity index (χ3v) is 3.61. The summed E-state index contributed by atoms with van der Waals surface area (Å²) >= 11 is 0. The molecule has 0 amide bonds. The lowest BCUT2D eigenvalue weighted by atomic mass is 10.1. The van der Waals surface area contributed by atoms with Crippen LogP contribution in [0, 0.1) is 0 Å². The minimum absolute atomic E-state index is 0.324.